The Kier molecular flexibility index (Phi) is 5.55. The van der Waals surface area contributed by atoms with E-state index in [-0.39, 0.29) is 30.5 Å². The van der Waals surface area contributed by atoms with Crippen molar-refractivity contribution in [1.29, 1.82) is 0 Å². The topological polar surface area (TPSA) is 71.1 Å². The zero-order valence-corrected chi connectivity index (χ0v) is 17.7. The van der Waals surface area contributed by atoms with Gasteiger partial charge in [0.05, 0.1) is 28.9 Å². The number of Topliss-reactive ketones (excluding diaryl/α,β-unsaturated/α-hetero) is 1. The van der Waals surface area contributed by atoms with Crippen LogP contribution in [0.1, 0.15) is 45.9 Å². The first-order chi connectivity index (χ1) is 15.2. The van der Waals surface area contributed by atoms with Crippen LogP contribution in [0.5, 0.6) is 17.2 Å². The summed E-state index contributed by atoms with van der Waals surface area (Å²) >= 11 is 0. The number of rotatable bonds is 8. The van der Waals surface area contributed by atoms with Gasteiger partial charge < -0.3 is 18.9 Å². The van der Waals surface area contributed by atoms with Crippen molar-refractivity contribution in [1.82, 2.24) is 0 Å². The molecule has 6 heteroatoms. The first kappa shape index (κ1) is 19.0. The van der Waals surface area contributed by atoms with Crippen molar-refractivity contribution in [3.05, 3.63) is 41.5 Å². The van der Waals surface area contributed by atoms with Crippen LogP contribution in [-0.4, -0.2) is 39.1 Å². The van der Waals surface area contributed by atoms with Crippen LogP contribution in [0.25, 0.3) is 11.1 Å². The maximum atomic E-state index is 12.4. The number of esters is 1. The van der Waals surface area contributed by atoms with E-state index >= 15 is 0 Å². The molecule has 2 aromatic carbocycles. The highest BCUT2D eigenvalue weighted by Gasteiger charge is 2.32. The fraction of sp³-hybridized carbons (Fsp3) is 0.417. The minimum atomic E-state index is -1.56. The first-order valence-electron chi connectivity index (χ1n) is 11.0. The second-order valence-corrected chi connectivity index (χ2v) is 7.74. The van der Waals surface area contributed by atoms with Gasteiger partial charge in [-0.25, -0.2) is 0 Å². The number of carbonyl (C=O) groups is 2. The van der Waals surface area contributed by atoms with Crippen LogP contribution in [0.15, 0.2) is 30.3 Å². The van der Waals surface area contributed by atoms with Crippen LogP contribution >= 0.6 is 0 Å². The monoisotopic (exact) mass is 414 g/mol. The Morgan fingerprint density at radius 1 is 1.07 bits per heavy atom. The van der Waals surface area contributed by atoms with Crippen LogP contribution in [0.3, 0.4) is 0 Å². The SMILES string of the molecule is [2H]C([2H])Oc1ccc(-c2cccc3c2CCC3=O)c(OCC(C)(C)C(=O)OCC)c1OC. The average Bonchev–Trinajstić information content (AvgIpc) is 3.13. The fourth-order valence-corrected chi connectivity index (χ4v) is 3.57. The van der Waals surface area contributed by atoms with Gasteiger partial charge in [0.1, 0.15) is 6.61 Å². The minimum absolute atomic E-state index is 0.00220. The van der Waals surface area contributed by atoms with Gasteiger partial charge in [0, 0.05) is 17.5 Å². The quantitative estimate of drug-likeness (QED) is 0.594. The molecule has 3 rings (SSSR count). The Hall–Kier alpha value is -3.02. The Balaban J connectivity index is 2.10. The third kappa shape index (κ3) is 3.99. The van der Waals surface area contributed by atoms with E-state index < -0.39 is 18.4 Å². The molecule has 0 spiro atoms. The molecule has 0 aliphatic heterocycles. The molecule has 0 bridgehead atoms. The van der Waals surface area contributed by atoms with Crippen molar-refractivity contribution < 1.29 is 31.3 Å². The number of hydrogen-bond donors (Lipinski definition) is 0. The molecule has 1 aliphatic carbocycles. The number of carbonyl (C=O) groups excluding carboxylic acids is 2. The van der Waals surface area contributed by atoms with Crippen molar-refractivity contribution in [2.45, 2.75) is 33.6 Å². The summed E-state index contributed by atoms with van der Waals surface area (Å²) in [7, 11) is -0.117. The molecule has 6 nitrogen and oxygen atoms in total. The van der Waals surface area contributed by atoms with Crippen molar-refractivity contribution >= 4 is 11.8 Å². The van der Waals surface area contributed by atoms with Crippen molar-refractivity contribution in [3.63, 3.8) is 0 Å². The first-order valence-corrected chi connectivity index (χ1v) is 9.87. The molecule has 0 unspecified atom stereocenters. The van der Waals surface area contributed by atoms with Gasteiger partial charge in [0.15, 0.2) is 17.3 Å². The van der Waals surface area contributed by atoms with E-state index in [0.29, 0.717) is 29.7 Å². The molecule has 0 atom stereocenters. The van der Waals surface area contributed by atoms with Crippen LogP contribution in [0.4, 0.5) is 0 Å². The molecule has 1 aliphatic rings. The van der Waals surface area contributed by atoms with Crippen LogP contribution in [-0.2, 0) is 16.0 Å². The molecule has 0 saturated heterocycles. The van der Waals surface area contributed by atoms with Gasteiger partial charge in [-0.2, -0.15) is 0 Å². The molecular weight excluding hydrogens is 384 g/mol. The lowest BCUT2D eigenvalue weighted by Crippen LogP contribution is -2.33. The highest BCUT2D eigenvalue weighted by Crippen LogP contribution is 2.47. The lowest BCUT2D eigenvalue weighted by atomic mass is 9.94. The molecular formula is C24H28O6. The average molecular weight is 414 g/mol. The van der Waals surface area contributed by atoms with Gasteiger partial charge in [0.2, 0.25) is 5.75 Å². The third-order valence-corrected chi connectivity index (χ3v) is 5.18. The van der Waals surface area contributed by atoms with Crippen LogP contribution in [0, 0.1) is 5.41 Å². The maximum Gasteiger partial charge on any atom is 0.314 e. The van der Waals surface area contributed by atoms with E-state index in [4.69, 9.17) is 21.7 Å². The van der Waals surface area contributed by atoms with E-state index in [1.165, 1.54) is 7.11 Å². The summed E-state index contributed by atoms with van der Waals surface area (Å²) in [6.07, 6.45) is 1.08. The standard InChI is InChI=1S/C24H28O6/c1-6-29-23(26)24(2,3)14-30-21-18(11-13-20(27-4)22(21)28-5)15-8-7-9-17-16(15)10-12-19(17)25/h7-9,11,13H,6,10,12,14H2,1-5H3/i4D2. The Labute approximate surface area is 179 Å². The molecule has 0 radical (unpaired) electrons. The number of ketones is 1. The third-order valence-electron chi connectivity index (χ3n) is 5.18. The lowest BCUT2D eigenvalue weighted by Gasteiger charge is -2.25. The molecule has 0 N–H and O–H groups in total. The molecule has 2 aromatic rings. The van der Waals surface area contributed by atoms with Crippen LogP contribution in [0.2, 0.25) is 0 Å². The molecule has 160 valence electrons. The number of benzene rings is 2. The summed E-state index contributed by atoms with van der Waals surface area (Å²) in [5, 5.41) is 0. The zero-order chi connectivity index (χ0) is 23.5. The predicted molar refractivity (Wildman–Crippen MR) is 114 cm³/mol. The van der Waals surface area contributed by atoms with Crippen LogP contribution < -0.4 is 14.2 Å². The summed E-state index contributed by atoms with van der Waals surface area (Å²) < 4.78 is 37.0. The summed E-state index contributed by atoms with van der Waals surface area (Å²) in [6.45, 7) is 5.45. The van der Waals surface area contributed by atoms with Gasteiger partial charge >= 0.3 is 5.97 Å². The smallest absolute Gasteiger partial charge is 0.314 e. The van der Waals surface area contributed by atoms with Gasteiger partial charge in [-0.3, -0.25) is 9.59 Å². The number of methoxy groups -OCH3 is 2. The normalized spacial score (nSPS) is 14.1. The van der Waals surface area contributed by atoms with E-state index in [1.54, 1.807) is 32.9 Å². The van der Waals surface area contributed by atoms with Crippen molar-refractivity contribution in [2.75, 3.05) is 27.4 Å². The predicted octanol–water partition coefficient (Wildman–Crippen LogP) is 4.47. The minimum Gasteiger partial charge on any atom is -0.493 e. The highest BCUT2D eigenvalue weighted by atomic mass is 16.5. The molecule has 0 amide bonds. The number of ether oxygens (including phenoxy) is 4. The second-order valence-electron chi connectivity index (χ2n) is 7.74. The Morgan fingerprint density at radius 3 is 2.53 bits per heavy atom. The lowest BCUT2D eigenvalue weighted by molar-refractivity contribution is -0.155. The Bertz CT molecular complexity index is 1020. The fourth-order valence-electron chi connectivity index (χ4n) is 3.57. The van der Waals surface area contributed by atoms with E-state index in [2.05, 4.69) is 0 Å². The summed E-state index contributed by atoms with van der Waals surface area (Å²) in [5.41, 5.74) is 2.19. The van der Waals surface area contributed by atoms with E-state index in [0.717, 1.165) is 11.1 Å². The molecule has 0 fully saturated rings. The van der Waals surface area contributed by atoms with Gasteiger partial charge in [-0.05, 0) is 50.5 Å². The summed E-state index contributed by atoms with van der Waals surface area (Å²) in [5.74, 6) is 0.422. The van der Waals surface area contributed by atoms with E-state index in [1.807, 2.05) is 18.2 Å². The summed E-state index contributed by atoms with van der Waals surface area (Å²) in [4.78, 5) is 24.6. The van der Waals surface area contributed by atoms with Gasteiger partial charge in [-0.1, -0.05) is 18.2 Å². The molecule has 30 heavy (non-hydrogen) atoms. The number of fused-ring (bicyclic) bond motifs is 1. The van der Waals surface area contributed by atoms with Crippen molar-refractivity contribution in [3.8, 4) is 28.4 Å². The number of hydrogen-bond acceptors (Lipinski definition) is 6. The maximum absolute atomic E-state index is 12.4. The molecule has 0 heterocycles. The summed E-state index contributed by atoms with van der Waals surface area (Å²) in [6, 6.07) is 8.92. The van der Waals surface area contributed by atoms with Gasteiger partial charge in [-0.15, -0.1) is 0 Å². The Morgan fingerprint density at radius 2 is 1.83 bits per heavy atom. The zero-order valence-electron chi connectivity index (χ0n) is 19.7. The second kappa shape index (κ2) is 8.78. The largest absolute Gasteiger partial charge is 0.493 e. The highest BCUT2D eigenvalue weighted by molar-refractivity contribution is 6.02. The van der Waals surface area contributed by atoms with E-state index in [9.17, 15) is 9.59 Å². The van der Waals surface area contributed by atoms with Crippen molar-refractivity contribution in [2.24, 2.45) is 5.41 Å². The molecule has 0 saturated carbocycles. The van der Waals surface area contributed by atoms with Gasteiger partial charge in [0.25, 0.3) is 0 Å². The molecule has 0 aromatic heterocycles.